The van der Waals surface area contributed by atoms with Crippen molar-refractivity contribution >= 4 is 0 Å². The third-order valence-electron chi connectivity index (χ3n) is 4.72. The molecule has 3 atom stereocenters. The van der Waals surface area contributed by atoms with Gasteiger partial charge in [-0.3, -0.25) is 0 Å². The van der Waals surface area contributed by atoms with Gasteiger partial charge in [0, 0.05) is 31.2 Å². The number of hydrogen-bond donors (Lipinski definition) is 1. The lowest BCUT2D eigenvalue weighted by Crippen LogP contribution is -2.46. The molecule has 0 amide bonds. The molecule has 1 aliphatic heterocycles. The number of rotatable bonds is 2. The molecule has 2 aliphatic rings. The molecule has 2 heterocycles. The van der Waals surface area contributed by atoms with Gasteiger partial charge in [-0.2, -0.15) is 13.2 Å². The molecule has 1 aliphatic carbocycles. The molecule has 21 heavy (non-hydrogen) atoms. The quantitative estimate of drug-likeness (QED) is 0.909. The third-order valence-corrected chi connectivity index (χ3v) is 4.72. The van der Waals surface area contributed by atoms with Crippen molar-refractivity contribution in [2.75, 3.05) is 0 Å². The molecule has 3 rings (SSSR count). The minimum atomic E-state index is -4.04. The Morgan fingerprint density at radius 2 is 2.05 bits per heavy atom. The first-order valence-electron chi connectivity index (χ1n) is 7.77. The number of fused-ring (bicyclic) bond motifs is 1. The van der Waals surface area contributed by atoms with Gasteiger partial charge in [0.1, 0.15) is 5.82 Å². The van der Waals surface area contributed by atoms with Crippen LogP contribution in [0.4, 0.5) is 13.2 Å². The van der Waals surface area contributed by atoms with Crippen molar-refractivity contribution in [1.82, 2.24) is 14.9 Å². The minimum absolute atomic E-state index is 0.00143. The molecule has 118 valence electrons. The molecule has 0 spiro atoms. The highest BCUT2D eigenvalue weighted by Crippen LogP contribution is 2.37. The van der Waals surface area contributed by atoms with Crippen molar-refractivity contribution in [3.8, 4) is 0 Å². The fraction of sp³-hybridized carbons (Fsp3) is 0.800. The van der Waals surface area contributed by atoms with Gasteiger partial charge in [-0.05, 0) is 32.6 Å². The zero-order chi connectivity index (χ0) is 15.0. The highest BCUT2D eigenvalue weighted by molar-refractivity contribution is 5.06. The Morgan fingerprint density at radius 1 is 1.24 bits per heavy atom. The molecule has 0 aromatic carbocycles. The molecular formula is C15H22F3N3. The molecule has 6 heteroatoms. The molecule has 0 saturated heterocycles. The van der Waals surface area contributed by atoms with Crippen LogP contribution in [0.15, 0.2) is 6.20 Å². The normalized spacial score (nSPS) is 30.2. The Hall–Kier alpha value is -1.04. The van der Waals surface area contributed by atoms with Gasteiger partial charge < -0.3 is 9.88 Å². The van der Waals surface area contributed by atoms with Crippen molar-refractivity contribution in [3.63, 3.8) is 0 Å². The van der Waals surface area contributed by atoms with E-state index in [0.29, 0.717) is 6.42 Å². The summed E-state index contributed by atoms with van der Waals surface area (Å²) in [4.78, 5) is 4.46. The van der Waals surface area contributed by atoms with E-state index < -0.39 is 12.1 Å². The number of aromatic nitrogens is 2. The van der Waals surface area contributed by atoms with Crippen LogP contribution in [0.3, 0.4) is 0 Å². The van der Waals surface area contributed by atoms with Gasteiger partial charge in [0.2, 0.25) is 0 Å². The monoisotopic (exact) mass is 301 g/mol. The lowest BCUT2D eigenvalue weighted by Gasteiger charge is -2.35. The van der Waals surface area contributed by atoms with Gasteiger partial charge in [-0.25, -0.2) is 4.98 Å². The summed E-state index contributed by atoms with van der Waals surface area (Å²) in [5.41, 5.74) is 1.01. The topological polar surface area (TPSA) is 29.9 Å². The largest absolute Gasteiger partial charge is 0.391 e. The van der Waals surface area contributed by atoms with Gasteiger partial charge in [-0.15, -0.1) is 0 Å². The van der Waals surface area contributed by atoms with Crippen LogP contribution < -0.4 is 5.32 Å². The average Bonchev–Trinajstić information content (AvgIpc) is 2.77. The van der Waals surface area contributed by atoms with E-state index in [4.69, 9.17) is 0 Å². The van der Waals surface area contributed by atoms with E-state index in [-0.39, 0.29) is 24.9 Å². The van der Waals surface area contributed by atoms with Crippen LogP contribution in [0, 0.1) is 12.8 Å². The maximum atomic E-state index is 12.9. The van der Waals surface area contributed by atoms with Crippen LogP contribution in [0.2, 0.25) is 0 Å². The summed E-state index contributed by atoms with van der Waals surface area (Å²) in [7, 11) is 0. The third kappa shape index (κ3) is 3.42. The van der Waals surface area contributed by atoms with Crippen LogP contribution in [-0.2, 0) is 13.0 Å². The summed E-state index contributed by atoms with van der Waals surface area (Å²) in [6.45, 7) is 2.80. The van der Waals surface area contributed by atoms with Crippen LogP contribution in [0.5, 0.6) is 0 Å². The van der Waals surface area contributed by atoms with Crippen LogP contribution in [-0.4, -0.2) is 27.8 Å². The smallest absolute Gasteiger partial charge is 0.333 e. The SMILES string of the molecule is Cc1cn2c(n1)CC[C@H](N[C@H]1CCC[C@@H](C(F)(F)F)C1)C2. The maximum absolute atomic E-state index is 12.9. The predicted octanol–water partition coefficient (Wildman–Crippen LogP) is 3.22. The molecule has 1 N–H and O–H groups in total. The van der Waals surface area contributed by atoms with Crippen molar-refractivity contribution in [2.24, 2.45) is 5.92 Å². The predicted molar refractivity (Wildman–Crippen MR) is 74.0 cm³/mol. The molecule has 0 radical (unpaired) electrons. The summed E-state index contributed by atoms with van der Waals surface area (Å²) in [6.07, 6.45) is 1.91. The molecule has 0 unspecified atom stereocenters. The van der Waals surface area contributed by atoms with Crippen LogP contribution in [0.1, 0.15) is 43.6 Å². The average molecular weight is 301 g/mol. The molecule has 1 aromatic heterocycles. The second-order valence-corrected chi connectivity index (χ2v) is 6.46. The number of imidazole rings is 1. The van der Waals surface area contributed by atoms with E-state index in [0.717, 1.165) is 37.3 Å². The van der Waals surface area contributed by atoms with Crippen molar-refractivity contribution in [1.29, 1.82) is 0 Å². The van der Waals surface area contributed by atoms with Gasteiger partial charge >= 0.3 is 6.18 Å². The van der Waals surface area contributed by atoms with Crippen LogP contribution >= 0.6 is 0 Å². The van der Waals surface area contributed by atoms with Gasteiger partial charge in [-0.1, -0.05) is 6.42 Å². The lowest BCUT2D eigenvalue weighted by atomic mass is 9.84. The molecule has 1 aromatic rings. The Kier molecular flexibility index (Phi) is 3.99. The molecular weight excluding hydrogens is 279 g/mol. The van der Waals surface area contributed by atoms with Gasteiger partial charge in [0.15, 0.2) is 0 Å². The fourth-order valence-corrected chi connectivity index (χ4v) is 3.69. The Balaban J connectivity index is 1.57. The summed E-state index contributed by atoms with van der Waals surface area (Å²) < 4.78 is 40.7. The Bertz CT molecular complexity index is 495. The summed E-state index contributed by atoms with van der Waals surface area (Å²) >= 11 is 0. The highest BCUT2D eigenvalue weighted by atomic mass is 19.4. The van der Waals surface area contributed by atoms with Crippen molar-refractivity contribution in [2.45, 2.75) is 70.3 Å². The molecule has 3 nitrogen and oxygen atoms in total. The van der Waals surface area contributed by atoms with E-state index in [1.807, 2.05) is 13.1 Å². The number of nitrogens with zero attached hydrogens (tertiary/aromatic N) is 2. The first kappa shape index (κ1) is 14.9. The molecule has 0 bridgehead atoms. The van der Waals surface area contributed by atoms with E-state index in [1.165, 1.54) is 0 Å². The maximum Gasteiger partial charge on any atom is 0.391 e. The first-order chi connectivity index (χ1) is 9.91. The zero-order valence-corrected chi connectivity index (χ0v) is 12.3. The number of alkyl halides is 3. The Morgan fingerprint density at radius 3 is 2.81 bits per heavy atom. The van der Waals surface area contributed by atoms with E-state index in [2.05, 4.69) is 14.9 Å². The van der Waals surface area contributed by atoms with E-state index >= 15 is 0 Å². The number of halogens is 3. The second-order valence-electron chi connectivity index (χ2n) is 6.46. The molecule has 1 fully saturated rings. The Labute approximate surface area is 122 Å². The summed E-state index contributed by atoms with van der Waals surface area (Å²) in [5.74, 6) is -0.0271. The fourth-order valence-electron chi connectivity index (χ4n) is 3.69. The van der Waals surface area contributed by atoms with Crippen LogP contribution in [0.25, 0.3) is 0 Å². The standard InChI is InChI=1S/C15H22F3N3/c1-10-8-21-9-13(5-6-14(21)19-10)20-12-4-2-3-11(7-12)15(16,17)18/h8,11-13,20H,2-7,9H2,1H3/t11-,12+,13+/m1/s1. The number of nitrogens with one attached hydrogen (secondary N) is 1. The summed E-state index contributed by atoms with van der Waals surface area (Å²) in [6, 6.07) is 0.268. The second kappa shape index (κ2) is 5.63. The highest BCUT2D eigenvalue weighted by Gasteiger charge is 2.42. The number of aryl methyl sites for hydroxylation is 2. The number of hydrogen-bond acceptors (Lipinski definition) is 2. The first-order valence-corrected chi connectivity index (χ1v) is 7.77. The van der Waals surface area contributed by atoms with E-state index in [1.54, 1.807) is 0 Å². The van der Waals surface area contributed by atoms with Crippen molar-refractivity contribution in [3.05, 3.63) is 17.7 Å². The van der Waals surface area contributed by atoms with E-state index in [9.17, 15) is 13.2 Å². The zero-order valence-electron chi connectivity index (χ0n) is 12.3. The summed E-state index contributed by atoms with van der Waals surface area (Å²) in [5, 5.41) is 3.46. The van der Waals surface area contributed by atoms with Gasteiger partial charge in [0.05, 0.1) is 11.6 Å². The minimum Gasteiger partial charge on any atom is -0.333 e. The van der Waals surface area contributed by atoms with Gasteiger partial charge in [0.25, 0.3) is 0 Å². The lowest BCUT2D eigenvalue weighted by molar-refractivity contribution is -0.183. The van der Waals surface area contributed by atoms with Crippen molar-refractivity contribution < 1.29 is 13.2 Å². The molecule has 1 saturated carbocycles.